The Labute approximate surface area is 145 Å². The number of benzene rings is 2. The number of esters is 1. The van der Waals surface area contributed by atoms with Crippen LogP contribution in [0.1, 0.15) is 16.7 Å². The highest BCUT2D eigenvalue weighted by Crippen LogP contribution is 2.36. The lowest BCUT2D eigenvalue weighted by Gasteiger charge is -2.12. The Bertz CT molecular complexity index is 811. The van der Waals surface area contributed by atoms with Gasteiger partial charge < -0.3 is 14.2 Å². The number of hydrogen-bond donors (Lipinski definition) is 0. The maximum absolute atomic E-state index is 12.0. The molecule has 0 aliphatic rings. The number of rotatable bonds is 5. The van der Waals surface area contributed by atoms with Crippen LogP contribution < -0.4 is 14.2 Å². The molecule has 0 saturated carbocycles. The summed E-state index contributed by atoms with van der Waals surface area (Å²) < 4.78 is 15.7. The number of hydrogen-bond acceptors (Lipinski definition) is 5. The Morgan fingerprint density at radius 1 is 1.21 bits per heavy atom. The second-order valence-electron chi connectivity index (χ2n) is 5.11. The third kappa shape index (κ3) is 4.18. The number of methoxy groups -OCH3 is 1. The first-order chi connectivity index (χ1) is 11.4. The fourth-order valence-corrected chi connectivity index (χ4v) is 2.22. The molecule has 0 radical (unpaired) electrons. The van der Waals surface area contributed by atoms with E-state index in [2.05, 4.69) is 0 Å². The van der Waals surface area contributed by atoms with E-state index in [1.165, 1.54) is 19.2 Å². The van der Waals surface area contributed by atoms with Crippen LogP contribution in [0.15, 0.2) is 30.3 Å². The van der Waals surface area contributed by atoms with E-state index in [1.54, 1.807) is 6.07 Å². The van der Waals surface area contributed by atoms with Gasteiger partial charge in [-0.1, -0.05) is 17.7 Å². The summed E-state index contributed by atoms with van der Waals surface area (Å²) in [5, 5.41) is 9.03. The summed E-state index contributed by atoms with van der Waals surface area (Å²) in [7, 11) is 1.40. The number of ether oxygens (including phenoxy) is 3. The maximum atomic E-state index is 12.0. The van der Waals surface area contributed by atoms with Crippen molar-refractivity contribution in [2.45, 2.75) is 13.8 Å². The molecule has 0 spiro atoms. The molecule has 0 aliphatic carbocycles. The quantitative estimate of drug-likeness (QED) is 0.608. The SMILES string of the molecule is COc1cc(C#N)cc(Cl)c1OC(=O)COc1ccc(C)c(C)c1. The molecule has 0 aromatic heterocycles. The summed E-state index contributed by atoms with van der Waals surface area (Å²) in [4.78, 5) is 12.0. The van der Waals surface area contributed by atoms with Crippen LogP contribution in [-0.2, 0) is 4.79 Å². The molecule has 0 unspecified atom stereocenters. The van der Waals surface area contributed by atoms with Crippen LogP contribution in [0, 0.1) is 25.2 Å². The highest BCUT2D eigenvalue weighted by molar-refractivity contribution is 6.32. The van der Waals surface area contributed by atoms with Gasteiger partial charge in [0.1, 0.15) is 5.75 Å². The van der Waals surface area contributed by atoms with Crippen LogP contribution in [0.4, 0.5) is 0 Å². The van der Waals surface area contributed by atoms with Crippen LogP contribution in [0.25, 0.3) is 0 Å². The van der Waals surface area contributed by atoms with E-state index >= 15 is 0 Å². The average Bonchev–Trinajstić information content (AvgIpc) is 2.57. The maximum Gasteiger partial charge on any atom is 0.349 e. The van der Waals surface area contributed by atoms with Crippen molar-refractivity contribution in [1.29, 1.82) is 5.26 Å². The summed E-state index contributed by atoms with van der Waals surface area (Å²) in [5.41, 5.74) is 2.51. The fourth-order valence-electron chi connectivity index (χ4n) is 1.97. The Kier molecular flexibility index (Phi) is 5.67. The van der Waals surface area contributed by atoms with Crippen LogP contribution in [0.5, 0.6) is 17.2 Å². The van der Waals surface area contributed by atoms with E-state index in [-0.39, 0.29) is 23.1 Å². The van der Waals surface area contributed by atoms with Crippen molar-refractivity contribution in [3.63, 3.8) is 0 Å². The molecule has 0 saturated heterocycles. The smallest absolute Gasteiger partial charge is 0.349 e. The molecule has 2 aromatic rings. The van der Waals surface area contributed by atoms with Gasteiger partial charge in [0.25, 0.3) is 0 Å². The van der Waals surface area contributed by atoms with E-state index < -0.39 is 5.97 Å². The zero-order valence-corrected chi connectivity index (χ0v) is 14.3. The summed E-state index contributed by atoms with van der Waals surface area (Å²) in [6, 6.07) is 10.3. The fraction of sp³-hybridized carbons (Fsp3) is 0.222. The van der Waals surface area contributed by atoms with Crippen molar-refractivity contribution >= 4 is 17.6 Å². The Balaban J connectivity index is 2.07. The van der Waals surface area contributed by atoms with E-state index in [1.807, 2.05) is 32.0 Å². The normalized spacial score (nSPS) is 9.96. The lowest BCUT2D eigenvalue weighted by Crippen LogP contribution is -2.18. The number of carbonyl (C=O) groups excluding carboxylic acids is 1. The monoisotopic (exact) mass is 345 g/mol. The van der Waals surface area contributed by atoms with E-state index in [0.717, 1.165) is 11.1 Å². The standard InChI is InChI=1S/C18H16ClNO4/c1-11-4-5-14(6-12(11)2)23-10-17(21)24-18-15(19)7-13(9-20)8-16(18)22-3/h4-8H,10H2,1-3H3. The molecule has 5 nitrogen and oxygen atoms in total. The first kappa shape index (κ1) is 17.6. The number of aryl methyl sites for hydroxylation is 2. The molecule has 0 amide bonds. The summed E-state index contributed by atoms with van der Waals surface area (Å²) in [6.45, 7) is 3.68. The minimum absolute atomic E-state index is 0.0619. The van der Waals surface area contributed by atoms with Crippen molar-refractivity contribution < 1.29 is 19.0 Å². The van der Waals surface area contributed by atoms with Crippen LogP contribution >= 0.6 is 11.6 Å². The van der Waals surface area contributed by atoms with Crippen LogP contribution in [0.3, 0.4) is 0 Å². The summed E-state index contributed by atoms with van der Waals surface area (Å²) in [6.07, 6.45) is 0. The predicted octanol–water partition coefficient (Wildman–Crippen LogP) is 3.82. The first-order valence-electron chi connectivity index (χ1n) is 7.13. The lowest BCUT2D eigenvalue weighted by molar-refractivity contribution is -0.136. The van der Waals surface area contributed by atoms with E-state index in [0.29, 0.717) is 11.3 Å². The van der Waals surface area contributed by atoms with E-state index in [4.69, 9.17) is 31.1 Å². The average molecular weight is 346 g/mol. The number of nitriles is 1. The Morgan fingerprint density at radius 2 is 1.96 bits per heavy atom. The number of halogens is 1. The highest BCUT2D eigenvalue weighted by Gasteiger charge is 2.16. The van der Waals surface area contributed by atoms with Crippen molar-refractivity contribution in [1.82, 2.24) is 0 Å². The predicted molar refractivity (Wildman–Crippen MR) is 89.8 cm³/mol. The zero-order valence-electron chi connectivity index (χ0n) is 13.6. The zero-order chi connectivity index (χ0) is 17.7. The topological polar surface area (TPSA) is 68.5 Å². The van der Waals surface area contributed by atoms with Crippen LogP contribution in [0.2, 0.25) is 5.02 Å². The largest absolute Gasteiger partial charge is 0.493 e. The molecular weight excluding hydrogens is 330 g/mol. The molecular formula is C18H16ClNO4. The molecule has 24 heavy (non-hydrogen) atoms. The summed E-state index contributed by atoms with van der Waals surface area (Å²) >= 11 is 6.04. The van der Waals surface area contributed by atoms with Crippen molar-refractivity contribution in [2.24, 2.45) is 0 Å². The van der Waals surface area contributed by atoms with Crippen molar-refractivity contribution in [2.75, 3.05) is 13.7 Å². The van der Waals surface area contributed by atoms with Gasteiger partial charge in [0.15, 0.2) is 18.1 Å². The van der Waals surface area contributed by atoms with Gasteiger partial charge in [-0.25, -0.2) is 4.79 Å². The van der Waals surface area contributed by atoms with Gasteiger partial charge >= 0.3 is 5.97 Å². The lowest BCUT2D eigenvalue weighted by atomic mass is 10.1. The van der Waals surface area contributed by atoms with Crippen LogP contribution in [-0.4, -0.2) is 19.7 Å². The third-order valence-electron chi connectivity index (χ3n) is 3.41. The molecule has 0 atom stereocenters. The van der Waals surface area contributed by atoms with Gasteiger partial charge in [-0.2, -0.15) is 5.26 Å². The van der Waals surface area contributed by atoms with Gasteiger partial charge in [0.05, 0.1) is 23.8 Å². The van der Waals surface area contributed by atoms with Crippen molar-refractivity contribution in [3.05, 3.63) is 52.0 Å². The van der Waals surface area contributed by atoms with Crippen molar-refractivity contribution in [3.8, 4) is 23.3 Å². The van der Waals surface area contributed by atoms with Gasteiger partial charge in [0.2, 0.25) is 0 Å². The minimum atomic E-state index is -0.627. The molecule has 2 rings (SSSR count). The molecule has 2 aromatic carbocycles. The highest BCUT2D eigenvalue weighted by atomic mass is 35.5. The van der Waals surface area contributed by atoms with Gasteiger partial charge in [-0.05, 0) is 43.2 Å². The first-order valence-corrected chi connectivity index (χ1v) is 7.50. The Morgan fingerprint density at radius 3 is 2.58 bits per heavy atom. The molecule has 0 aliphatic heterocycles. The number of carbonyl (C=O) groups is 1. The van der Waals surface area contributed by atoms with Gasteiger partial charge in [-0.3, -0.25) is 0 Å². The second-order valence-corrected chi connectivity index (χ2v) is 5.52. The summed E-state index contributed by atoms with van der Waals surface area (Å²) in [5.74, 6) is 0.219. The minimum Gasteiger partial charge on any atom is -0.493 e. The molecule has 0 bridgehead atoms. The molecule has 6 heteroatoms. The third-order valence-corrected chi connectivity index (χ3v) is 3.69. The molecule has 124 valence electrons. The van der Waals surface area contributed by atoms with E-state index in [9.17, 15) is 4.79 Å². The molecule has 0 heterocycles. The second kappa shape index (κ2) is 7.71. The van der Waals surface area contributed by atoms with Gasteiger partial charge in [0, 0.05) is 6.07 Å². The number of nitrogens with zero attached hydrogens (tertiary/aromatic N) is 1. The molecule has 0 N–H and O–H groups in total. The van der Waals surface area contributed by atoms with Gasteiger partial charge in [-0.15, -0.1) is 0 Å². The Hall–Kier alpha value is -2.71. The molecule has 0 fully saturated rings.